The Labute approximate surface area is 198 Å². The molecule has 1 atom stereocenters. The Morgan fingerprint density at radius 2 is 2.03 bits per heavy atom. The number of carbonyl (C=O) groups is 2. The van der Waals surface area contributed by atoms with E-state index in [-0.39, 0.29) is 31.1 Å². The van der Waals surface area contributed by atoms with Gasteiger partial charge in [0.05, 0.1) is 6.04 Å². The van der Waals surface area contributed by atoms with Gasteiger partial charge in [0.2, 0.25) is 5.91 Å². The van der Waals surface area contributed by atoms with Crippen molar-refractivity contribution in [2.24, 2.45) is 0 Å². The Bertz CT molecular complexity index is 952. The largest absolute Gasteiger partial charge is 0.491 e. The third-order valence-corrected chi connectivity index (χ3v) is 6.33. The number of carbonyl (C=O) groups excluding carboxylic acids is 2. The number of benzene rings is 1. The van der Waals surface area contributed by atoms with E-state index in [1.54, 1.807) is 29.5 Å². The molecule has 2 heterocycles. The number of urea groups is 1. The summed E-state index contributed by atoms with van der Waals surface area (Å²) >= 11 is 7.67. The normalized spacial score (nSPS) is 15.6. The van der Waals surface area contributed by atoms with Crippen molar-refractivity contribution in [2.75, 3.05) is 26.2 Å². The molecule has 0 radical (unpaired) electrons. The second kappa shape index (κ2) is 10.4. The van der Waals surface area contributed by atoms with Gasteiger partial charge in [-0.25, -0.2) is 4.79 Å². The number of halogens is 1. The van der Waals surface area contributed by atoms with Crippen molar-refractivity contribution in [3.05, 3.63) is 63.8 Å². The minimum atomic E-state index is -0.398. The molecule has 0 bridgehead atoms. The van der Waals surface area contributed by atoms with Crippen LogP contribution >= 0.6 is 22.9 Å². The molecular formula is C24H30ClN3O3S. The molecule has 0 fully saturated rings. The topological polar surface area (TPSA) is 61.9 Å². The average molecular weight is 476 g/mol. The maximum absolute atomic E-state index is 13.4. The molecule has 32 heavy (non-hydrogen) atoms. The molecule has 2 aromatic rings. The van der Waals surface area contributed by atoms with Crippen molar-refractivity contribution in [1.29, 1.82) is 0 Å². The van der Waals surface area contributed by atoms with Crippen LogP contribution in [0.2, 0.25) is 5.02 Å². The summed E-state index contributed by atoms with van der Waals surface area (Å²) in [6.07, 6.45) is 2.43. The molecular weight excluding hydrogens is 446 g/mol. The Hall–Kier alpha value is -2.51. The lowest BCUT2D eigenvalue weighted by atomic mass is 10.0. The summed E-state index contributed by atoms with van der Waals surface area (Å²) < 4.78 is 6.02. The molecule has 1 aromatic heterocycles. The number of ether oxygens (including phenoxy) is 1. The second-order valence-corrected chi connectivity index (χ2v) is 10.2. The molecule has 0 saturated heterocycles. The van der Waals surface area contributed by atoms with Gasteiger partial charge in [-0.3, -0.25) is 4.79 Å². The molecule has 3 rings (SSSR count). The summed E-state index contributed by atoms with van der Waals surface area (Å²) in [7, 11) is 0. The summed E-state index contributed by atoms with van der Waals surface area (Å²) in [5, 5.41) is 5.61. The first kappa shape index (κ1) is 24.1. The SMILES string of the molecule is C=CCN(CC(=O)N1CCc2sccc2C1COc1ccc(Cl)cc1)C(=O)NC(C)(C)C. The number of nitrogens with one attached hydrogen (secondary N) is 1. The van der Waals surface area contributed by atoms with E-state index in [0.717, 1.165) is 12.0 Å². The van der Waals surface area contributed by atoms with E-state index in [9.17, 15) is 9.59 Å². The molecule has 172 valence electrons. The Morgan fingerprint density at radius 3 is 2.69 bits per heavy atom. The standard InChI is InChI=1S/C24H30ClN3O3S/c1-5-12-27(23(30)26-24(2,3)4)15-22(29)28-13-10-21-19(11-14-32-21)20(28)16-31-18-8-6-17(25)7-9-18/h5-9,11,14,20H,1,10,12-13,15-16H2,2-4H3,(H,26,30). The number of hydrogen-bond donors (Lipinski definition) is 1. The monoisotopic (exact) mass is 475 g/mol. The predicted molar refractivity (Wildman–Crippen MR) is 129 cm³/mol. The number of nitrogens with zero attached hydrogens (tertiary/aromatic N) is 2. The quantitative estimate of drug-likeness (QED) is 0.579. The van der Waals surface area contributed by atoms with Crippen LogP contribution in [0.25, 0.3) is 0 Å². The van der Waals surface area contributed by atoms with Gasteiger partial charge in [0.1, 0.15) is 18.9 Å². The number of fused-ring (bicyclic) bond motifs is 1. The lowest BCUT2D eigenvalue weighted by Crippen LogP contribution is -2.53. The summed E-state index contributed by atoms with van der Waals surface area (Å²) in [5.41, 5.74) is 0.712. The van der Waals surface area contributed by atoms with Crippen LogP contribution in [0.3, 0.4) is 0 Å². The van der Waals surface area contributed by atoms with Crippen LogP contribution in [0.15, 0.2) is 48.4 Å². The van der Waals surface area contributed by atoms with Crippen molar-refractivity contribution in [3.8, 4) is 5.75 Å². The third kappa shape index (κ3) is 6.26. The molecule has 6 nitrogen and oxygen atoms in total. The lowest BCUT2D eigenvalue weighted by Gasteiger charge is -2.37. The molecule has 1 aliphatic heterocycles. The number of amides is 3. The van der Waals surface area contributed by atoms with Gasteiger partial charge in [-0.05, 0) is 68.5 Å². The van der Waals surface area contributed by atoms with Gasteiger partial charge in [0.25, 0.3) is 0 Å². The maximum Gasteiger partial charge on any atom is 0.318 e. The molecule has 3 amide bonds. The van der Waals surface area contributed by atoms with E-state index in [1.165, 1.54) is 9.78 Å². The highest BCUT2D eigenvalue weighted by Gasteiger charge is 2.33. The molecule has 0 spiro atoms. The highest BCUT2D eigenvalue weighted by molar-refractivity contribution is 7.10. The highest BCUT2D eigenvalue weighted by atomic mass is 35.5. The Morgan fingerprint density at radius 1 is 1.31 bits per heavy atom. The second-order valence-electron chi connectivity index (χ2n) is 8.77. The zero-order chi connectivity index (χ0) is 23.3. The van der Waals surface area contributed by atoms with Crippen LogP contribution < -0.4 is 10.1 Å². The lowest BCUT2D eigenvalue weighted by molar-refractivity contribution is -0.135. The molecule has 1 aliphatic rings. The zero-order valence-electron chi connectivity index (χ0n) is 18.8. The van der Waals surface area contributed by atoms with Crippen molar-refractivity contribution < 1.29 is 14.3 Å². The summed E-state index contributed by atoms with van der Waals surface area (Å²) in [5.74, 6) is 0.583. The van der Waals surface area contributed by atoms with Gasteiger partial charge in [-0.1, -0.05) is 17.7 Å². The number of hydrogen-bond acceptors (Lipinski definition) is 4. The van der Waals surface area contributed by atoms with Crippen LogP contribution in [-0.4, -0.2) is 53.5 Å². The summed E-state index contributed by atoms with van der Waals surface area (Å²) in [4.78, 5) is 30.6. The number of thiophene rings is 1. The van der Waals surface area contributed by atoms with Crippen molar-refractivity contribution in [1.82, 2.24) is 15.1 Å². The maximum atomic E-state index is 13.4. The van der Waals surface area contributed by atoms with E-state index in [2.05, 4.69) is 23.3 Å². The van der Waals surface area contributed by atoms with Crippen molar-refractivity contribution in [2.45, 2.75) is 38.8 Å². The highest BCUT2D eigenvalue weighted by Crippen LogP contribution is 2.34. The van der Waals surface area contributed by atoms with Crippen molar-refractivity contribution >= 4 is 34.9 Å². The molecule has 0 aliphatic carbocycles. The summed E-state index contributed by atoms with van der Waals surface area (Å²) in [6.45, 7) is 10.6. The van der Waals surface area contributed by atoms with Gasteiger partial charge >= 0.3 is 6.03 Å². The van der Waals surface area contributed by atoms with Crippen molar-refractivity contribution in [3.63, 3.8) is 0 Å². The van der Waals surface area contributed by atoms with Crippen LogP contribution in [-0.2, 0) is 11.2 Å². The molecule has 1 N–H and O–H groups in total. The fourth-order valence-electron chi connectivity index (χ4n) is 3.61. The molecule has 1 unspecified atom stereocenters. The van der Waals surface area contributed by atoms with Crippen LogP contribution in [0.4, 0.5) is 4.79 Å². The Kier molecular flexibility index (Phi) is 7.85. The minimum absolute atomic E-state index is 0.0230. The fraction of sp³-hybridized carbons (Fsp3) is 0.417. The van der Waals surface area contributed by atoms with Gasteiger partial charge in [-0.2, -0.15) is 0 Å². The van der Waals surface area contributed by atoms with Gasteiger partial charge < -0.3 is 19.9 Å². The van der Waals surface area contributed by atoms with Crippen LogP contribution in [0, 0.1) is 0 Å². The van der Waals surface area contributed by atoms with E-state index < -0.39 is 5.54 Å². The van der Waals surface area contributed by atoms with Gasteiger partial charge in [0.15, 0.2) is 0 Å². The van der Waals surface area contributed by atoms with E-state index in [0.29, 0.717) is 23.9 Å². The summed E-state index contributed by atoms with van der Waals surface area (Å²) in [6, 6.07) is 8.74. The fourth-order valence-corrected chi connectivity index (χ4v) is 4.66. The van der Waals surface area contributed by atoms with Crippen LogP contribution in [0.1, 0.15) is 37.3 Å². The van der Waals surface area contributed by atoms with Gasteiger partial charge in [-0.15, -0.1) is 17.9 Å². The Balaban J connectivity index is 1.75. The van der Waals surface area contributed by atoms with E-state index in [1.807, 2.05) is 37.8 Å². The van der Waals surface area contributed by atoms with E-state index >= 15 is 0 Å². The van der Waals surface area contributed by atoms with E-state index in [4.69, 9.17) is 16.3 Å². The molecule has 1 aromatic carbocycles. The predicted octanol–water partition coefficient (Wildman–Crippen LogP) is 4.90. The first-order chi connectivity index (χ1) is 15.2. The first-order valence-electron chi connectivity index (χ1n) is 10.6. The minimum Gasteiger partial charge on any atom is -0.491 e. The third-order valence-electron chi connectivity index (χ3n) is 5.08. The smallest absolute Gasteiger partial charge is 0.318 e. The molecule has 8 heteroatoms. The molecule has 0 saturated carbocycles. The first-order valence-corrected chi connectivity index (χ1v) is 11.9. The number of rotatable bonds is 7. The van der Waals surface area contributed by atoms with Gasteiger partial charge in [0, 0.05) is 28.5 Å². The average Bonchev–Trinajstić information content (AvgIpc) is 3.20. The van der Waals surface area contributed by atoms with Crippen LogP contribution in [0.5, 0.6) is 5.75 Å². The zero-order valence-corrected chi connectivity index (χ0v) is 20.3.